The van der Waals surface area contributed by atoms with Crippen LogP contribution >= 0.6 is 0 Å². The highest BCUT2D eigenvalue weighted by Crippen LogP contribution is 2.18. The number of nitrogen functional groups attached to an aromatic ring is 1. The summed E-state index contributed by atoms with van der Waals surface area (Å²) in [6.07, 6.45) is 1.58. The van der Waals surface area contributed by atoms with Crippen LogP contribution in [0.4, 0.5) is 5.69 Å². The quantitative estimate of drug-likeness (QED) is 0.696. The molecule has 4 N–H and O–H groups in total. The van der Waals surface area contributed by atoms with Crippen molar-refractivity contribution in [2.24, 2.45) is 0 Å². The number of anilines is 1. The maximum Gasteiger partial charge on any atom is 0.335 e. The van der Waals surface area contributed by atoms with Gasteiger partial charge in [-0.1, -0.05) is 0 Å². The summed E-state index contributed by atoms with van der Waals surface area (Å²) in [5.41, 5.74) is 6.92. The van der Waals surface area contributed by atoms with Crippen LogP contribution in [0.15, 0.2) is 30.5 Å². The van der Waals surface area contributed by atoms with Crippen LogP contribution < -0.4 is 11.1 Å². The van der Waals surface area contributed by atoms with Crippen LogP contribution in [0.25, 0.3) is 5.69 Å². The summed E-state index contributed by atoms with van der Waals surface area (Å²) in [6, 6.07) is 5.86. The predicted octanol–water partition coefficient (Wildman–Crippen LogP) is 0.512. The fourth-order valence-corrected chi connectivity index (χ4v) is 1.60. The van der Waals surface area contributed by atoms with Crippen molar-refractivity contribution in [1.82, 2.24) is 15.1 Å². The Bertz CT molecular complexity index is 648. The second kappa shape index (κ2) is 4.81. The topological polar surface area (TPSA) is 110 Å². The Morgan fingerprint density at radius 1 is 1.37 bits per heavy atom. The van der Waals surface area contributed by atoms with Gasteiger partial charge in [0.05, 0.1) is 16.9 Å². The number of carboxylic acid groups (broad SMARTS) is 1. The number of carboxylic acids is 1. The molecule has 0 aliphatic carbocycles. The van der Waals surface area contributed by atoms with Gasteiger partial charge >= 0.3 is 5.97 Å². The van der Waals surface area contributed by atoms with E-state index in [1.54, 1.807) is 18.3 Å². The molecule has 98 valence electrons. The number of carbonyl (C=O) groups excluding carboxylic acids is 1. The molecule has 1 aromatic carbocycles. The molecule has 7 nitrogen and oxygen atoms in total. The highest BCUT2D eigenvalue weighted by molar-refractivity contribution is 5.92. The number of hydrogen-bond acceptors (Lipinski definition) is 4. The number of carbonyl (C=O) groups is 2. The number of nitrogens with one attached hydrogen (secondary N) is 1. The first-order chi connectivity index (χ1) is 9.02. The lowest BCUT2D eigenvalue weighted by molar-refractivity contribution is 0.0696. The van der Waals surface area contributed by atoms with Crippen molar-refractivity contribution in [2.45, 2.75) is 0 Å². The van der Waals surface area contributed by atoms with E-state index in [0.717, 1.165) is 0 Å². The summed E-state index contributed by atoms with van der Waals surface area (Å²) >= 11 is 0. The van der Waals surface area contributed by atoms with Gasteiger partial charge < -0.3 is 16.2 Å². The number of rotatable bonds is 3. The largest absolute Gasteiger partial charge is 0.478 e. The molecule has 2 aromatic rings. The Morgan fingerprint density at radius 2 is 2.11 bits per heavy atom. The van der Waals surface area contributed by atoms with Crippen molar-refractivity contribution in [3.63, 3.8) is 0 Å². The number of nitrogens with two attached hydrogens (primary N) is 1. The molecule has 1 amide bonds. The molecule has 0 radical (unpaired) electrons. The minimum Gasteiger partial charge on any atom is -0.478 e. The van der Waals surface area contributed by atoms with Crippen molar-refractivity contribution in [1.29, 1.82) is 0 Å². The van der Waals surface area contributed by atoms with E-state index < -0.39 is 5.97 Å². The average Bonchev–Trinajstić information content (AvgIpc) is 2.87. The number of aromatic carboxylic acids is 1. The molecular formula is C12H12N4O3. The van der Waals surface area contributed by atoms with E-state index in [1.165, 1.54) is 23.9 Å². The zero-order valence-electron chi connectivity index (χ0n) is 10.1. The molecular weight excluding hydrogens is 248 g/mol. The number of aromatic nitrogens is 2. The molecule has 0 fully saturated rings. The number of nitrogens with zero attached hydrogens (tertiary/aromatic N) is 2. The van der Waals surface area contributed by atoms with Gasteiger partial charge in [0.2, 0.25) is 0 Å². The Hall–Kier alpha value is -2.83. The van der Waals surface area contributed by atoms with E-state index in [2.05, 4.69) is 10.4 Å². The SMILES string of the molecule is CNC(=O)c1ccn(-c2ccc(C(=O)O)cc2N)n1. The molecule has 0 aliphatic heterocycles. The van der Waals surface area contributed by atoms with E-state index in [4.69, 9.17) is 10.8 Å². The molecule has 2 rings (SSSR count). The summed E-state index contributed by atoms with van der Waals surface area (Å²) in [6.45, 7) is 0. The van der Waals surface area contributed by atoms with Crippen LogP contribution in [0.5, 0.6) is 0 Å². The summed E-state index contributed by atoms with van der Waals surface area (Å²) in [7, 11) is 1.51. The van der Waals surface area contributed by atoms with Crippen molar-refractivity contribution >= 4 is 17.6 Å². The highest BCUT2D eigenvalue weighted by Gasteiger charge is 2.11. The van der Waals surface area contributed by atoms with Gasteiger partial charge in [-0.05, 0) is 24.3 Å². The molecule has 0 bridgehead atoms. The van der Waals surface area contributed by atoms with Crippen LogP contribution in [0.2, 0.25) is 0 Å². The first-order valence-corrected chi connectivity index (χ1v) is 5.44. The van der Waals surface area contributed by atoms with Gasteiger partial charge in [-0.15, -0.1) is 0 Å². The summed E-state index contributed by atoms with van der Waals surface area (Å²) in [5, 5.41) is 15.4. The van der Waals surface area contributed by atoms with Crippen LogP contribution in [-0.4, -0.2) is 33.8 Å². The lowest BCUT2D eigenvalue weighted by Crippen LogP contribution is -2.18. The average molecular weight is 260 g/mol. The third-order valence-corrected chi connectivity index (χ3v) is 2.57. The zero-order valence-corrected chi connectivity index (χ0v) is 10.1. The van der Waals surface area contributed by atoms with Gasteiger partial charge in [0.15, 0.2) is 5.69 Å². The van der Waals surface area contributed by atoms with Gasteiger partial charge in [0.1, 0.15) is 0 Å². The monoisotopic (exact) mass is 260 g/mol. The van der Waals surface area contributed by atoms with Gasteiger partial charge in [-0.3, -0.25) is 4.79 Å². The van der Waals surface area contributed by atoms with Crippen molar-refractivity contribution in [3.8, 4) is 5.69 Å². The standard InChI is InChI=1S/C12H12N4O3/c1-14-11(17)9-4-5-16(15-9)10-3-2-7(12(18)19)6-8(10)13/h2-6H,13H2,1H3,(H,14,17)(H,18,19). The first-order valence-electron chi connectivity index (χ1n) is 5.44. The van der Waals surface area contributed by atoms with Crippen LogP contribution in [0, 0.1) is 0 Å². The van der Waals surface area contributed by atoms with Crippen molar-refractivity contribution < 1.29 is 14.7 Å². The summed E-state index contributed by atoms with van der Waals surface area (Å²) < 4.78 is 1.42. The van der Waals surface area contributed by atoms with E-state index in [1.807, 2.05) is 0 Å². The Kier molecular flexibility index (Phi) is 3.19. The Balaban J connectivity index is 2.39. The molecule has 0 unspecified atom stereocenters. The maximum atomic E-state index is 11.4. The zero-order chi connectivity index (χ0) is 14.0. The third kappa shape index (κ3) is 2.39. The molecule has 1 aromatic heterocycles. The van der Waals surface area contributed by atoms with E-state index >= 15 is 0 Å². The lowest BCUT2D eigenvalue weighted by atomic mass is 10.2. The van der Waals surface area contributed by atoms with Crippen molar-refractivity contribution in [2.75, 3.05) is 12.8 Å². The molecule has 0 saturated carbocycles. The Labute approximate surface area is 108 Å². The van der Waals surface area contributed by atoms with E-state index in [9.17, 15) is 9.59 Å². The fourth-order valence-electron chi connectivity index (χ4n) is 1.60. The minimum absolute atomic E-state index is 0.0972. The molecule has 7 heteroatoms. The molecule has 19 heavy (non-hydrogen) atoms. The van der Waals surface area contributed by atoms with Crippen LogP contribution in [0.3, 0.4) is 0 Å². The molecule has 0 spiro atoms. The third-order valence-electron chi connectivity index (χ3n) is 2.57. The van der Waals surface area contributed by atoms with Crippen molar-refractivity contribution in [3.05, 3.63) is 41.7 Å². The second-order valence-electron chi connectivity index (χ2n) is 3.80. The van der Waals surface area contributed by atoms with E-state index in [-0.39, 0.29) is 22.9 Å². The number of hydrogen-bond donors (Lipinski definition) is 3. The lowest BCUT2D eigenvalue weighted by Gasteiger charge is -2.06. The minimum atomic E-state index is -1.05. The second-order valence-corrected chi connectivity index (χ2v) is 3.80. The molecule has 0 aliphatic rings. The molecule has 1 heterocycles. The number of amides is 1. The maximum absolute atomic E-state index is 11.4. The smallest absolute Gasteiger partial charge is 0.335 e. The predicted molar refractivity (Wildman–Crippen MR) is 68.3 cm³/mol. The van der Waals surface area contributed by atoms with E-state index in [0.29, 0.717) is 5.69 Å². The van der Waals surface area contributed by atoms with Crippen LogP contribution in [0.1, 0.15) is 20.8 Å². The molecule has 0 saturated heterocycles. The molecule has 0 atom stereocenters. The summed E-state index contributed by atoms with van der Waals surface area (Å²) in [5.74, 6) is -1.36. The van der Waals surface area contributed by atoms with Gasteiger partial charge in [-0.25, -0.2) is 9.48 Å². The fraction of sp³-hybridized carbons (Fsp3) is 0.0833. The van der Waals surface area contributed by atoms with Gasteiger partial charge in [-0.2, -0.15) is 5.10 Å². The van der Waals surface area contributed by atoms with Gasteiger partial charge in [0, 0.05) is 13.2 Å². The first kappa shape index (κ1) is 12.6. The summed E-state index contributed by atoms with van der Waals surface area (Å²) in [4.78, 5) is 22.2. The van der Waals surface area contributed by atoms with Crippen LogP contribution in [-0.2, 0) is 0 Å². The number of benzene rings is 1. The van der Waals surface area contributed by atoms with Gasteiger partial charge in [0.25, 0.3) is 5.91 Å². The normalized spacial score (nSPS) is 10.2. The highest BCUT2D eigenvalue weighted by atomic mass is 16.4. The Morgan fingerprint density at radius 3 is 2.68 bits per heavy atom.